The minimum absolute atomic E-state index is 0.210. The lowest BCUT2D eigenvalue weighted by Crippen LogP contribution is -2.41. The molecular formula is C14H17IN2O. The number of nitrogens with zero attached hydrogens (tertiary/aromatic N) is 2. The predicted octanol–water partition coefficient (Wildman–Crippen LogP) is 2.21. The maximum atomic E-state index is 12.6. The maximum absolute atomic E-state index is 12.6. The van der Waals surface area contributed by atoms with Gasteiger partial charge < -0.3 is 9.80 Å². The molecule has 96 valence electrons. The summed E-state index contributed by atoms with van der Waals surface area (Å²) in [6, 6.07) is 8.36. The Kier molecular flexibility index (Phi) is 3.56. The largest absolute Gasteiger partial charge is 0.334 e. The van der Waals surface area contributed by atoms with Crippen molar-refractivity contribution in [2.75, 3.05) is 26.2 Å². The van der Waals surface area contributed by atoms with Crippen molar-refractivity contribution >= 4 is 28.5 Å². The molecule has 0 aliphatic carbocycles. The van der Waals surface area contributed by atoms with Crippen molar-refractivity contribution in [2.45, 2.75) is 18.9 Å². The van der Waals surface area contributed by atoms with E-state index in [2.05, 4.69) is 32.4 Å². The van der Waals surface area contributed by atoms with Crippen molar-refractivity contribution < 1.29 is 4.79 Å². The Bertz CT molecular complexity index is 455. The van der Waals surface area contributed by atoms with E-state index < -0.39 is 0 Å². The lowest BCUT2D eigenvalue weighted by atomic mass is 10.0. The number of hydrogen-bond donors (Lipinski definition) is 0. The summed E-state index contributed by atoms with van der Waals surface area (Å²) >= 11 is 2.26. The lowest BCUT2D eigenvalue weighted by molar-refractivity contribution is 0.0685. The Morgan fingerprint density at radius 3 is 2.67 bits per heavy atom. The van der Waals surface area contributed by atoms with Crippen LogP contribution in [0.1, 0.15) is 23.2 Å². The third kappa shape index (κ3) is 2.40. The van der Waals surface area contributed by atoms with E-state index in [1.807, 2.05) is 24.3 Å². The topological polar surface area (TPSA) is 23.6 Å². The molecular weight excluding hydrogens is 339 g/mol. The van der Waals surface area contributed by atoms with Gasteiger partial charge in [0.25, 0.3) is 5.91 Å². The fourth-order valence-corrected chi connectivity index (χ4v) is 3.48. The molecule has 0 N–H and O–H groups in total. The van der Waals surface area contributed by atoms with Crippen molar-refractivity contribution in [2.24, 2.45) is 0 Å². The Morgan fingerprint density at radius 2 is 1.94 bits per heavy atom. The minimum Gasteiger partial charge on any atom is -0.334 e. The number of halogens is 1. The SMILES string of the molecule is O=C(c1cccc(I)c1)N1CCN2CCC1CC2. The van der Waals surface area contributed by atoms with Crippen LogP contribution >= 0.6 is 22.6 Å². The van der Waals surface area contributed by atoms with Crippen LogP contribution in [-0.2, 0) is 0 Å². The third-order valence-electron chi connectivity index (χ3n) is 3.99. The van der Waals surface area contributed by atoms with E-state index in [0.717, 1.165) is 48.2 Å². The van der Waals surface area contributed by atoms with E-state index in [9.17, 15) is 4.79 Å². The molecule has 1 aromatic rings. The zero-order chi connectivity index (χ0) is 12.5. The lowest BCUT2D eigenvalue weighted by Gasteiger charge is -2.31. The molecule has 0 saturated carbocycles. The Hall–Kier alpha value is -0.620. The summed E-state index contributed by atoms with van der Waals surface area (Å²) in [6.45, 7) is 4.22. The van der Waals surface area contributed by atoms with Gasteiger partial charge in [0, 0.05) is 41.4 Å². The highest BCUT2D eigenvalue weighted by Crippen LogP contribution is 2.23. The Morgan fingerprint density at radius 1 is 1.17 bits per heavy atom. The Balaban J connectivity index is 1.83. The average Bonchev–Trinajstić information content (AvgIpc) is 2.71. The van der Waals surface area contributed by atoms with E-state index >= 15 is 0 Å². The smallest absolute Gasteiger partial charge is 0.254 e. The van der Waals surface area contributed by atoms with Crippen LogP contribution in [-0.4, -0.2) is 47.9 Å². The fraction of sp³-hybridized carbons (Fsp3) is 0.500. The van der Waals surface area contributed by atoms with Crippen LogP contribution < -0.4 is 0 Å². The first-order valence-electron chi connectivity index (χ1n) is 6.53. The molecule has 4 heteroatoms. The van der Waals surface area contributed by atoms with Crippen molar-refractivity contribution in [1.82, 2.24) is 9.80 Å². The second-order valence-electron chi connectivity index (χ2n) is 5.08. The summed E-state index contributed by atoms with van der Waals surface area (Å²) in [5, 5.41) is 0. The van der Waals surface area contributed by atoms with Crippen LogP contribution in [0.5, 0.6) is 0 Å². The fourth-order valence-electron chi connectivity index (χ4n) is 2.94. The van der Waals surface area contributed by atoms with Gasteiger partial charge in [0.1, 0.15) is 0 Å². The van der Waals surface area contributed by atoms with Gasteiger partial charge in [0.05, 0.1) is 0 Å². The number of piperidine rings is 1. The number of amides is 1. The average molecular weight is 356 g/mol. The third-order valence-corrected chi connectivity index (χ3v) is 4.66. The molecule has 1 amide bonds. The van der Waals surface area contributed by atoms with Crippen LogP contribution in [0.15, 0.2) is 24.3 Å². The first kappa shape index (κ1) is 12.4. The van der Waals surface area contributed by atoms with Gasteiger partial charge in [-0.3, -0.25) is 4.79 Å². The van der Waals surface area contributed by atoms with Gasteiger partial charge in [-0.15, -0.1) is 0 Å². The molecule has 0 spiro atoms. The minimum atomic E-state index is 0.210. The number of benzene rings is 1. The first-order valence-corrected chi connectivity index (χ1v) is 7.61. The number of fused-ring (bicyclic) bond motifs is 4. The monoisotopic (exact) mass is 356 g/mol. The molecule has 0 atom stereocenters. The van der Waals surface area contributed by atoms with Gasteiger partial charge in [0.2, 0.25) is 0 Å². The molecule has 18 heavy (non-hydrogen) atoms. The number of carbonyl (C=O) groups excluding carboxylic acids is 1. The summed E-state index contributed by atoms with van der Waals surface area (Å²) in [5.41, 5.74) is 0.835. The number of hydrogen-bond acceptors (Lipinski definition) is 2. The quantitative estimate of drug-likeness (QED) is 0.721. The van der Waals surface area contributed by atoms with Gasteiger partial charge >= 0.3 is 0 Å². The van der Waals surface area contributed by atoms with Gasteiger partial charge in [0.15, 0.2) is 0 Å². The van der Waals surface area contributed by atoms with Crippen molar-refractivity contribution in [1.29, 1.82) is 0 Å². The summed E-state index contributed by atoms with van der Waals surface area (Å²) < 4.78 is 1.13. The van der Waals surface area contributed by atoms with E-state index in [0.29, 0.717) is 6.04 Å². The zero-order valence-electron chi connectivity index (χ0n) is 10.3. The van der Waals surface area contributed by atoms with E-state index in [1.54, 1.807) is 0 Å². The zero-order valence-corrected chi connectivity index (χ0v) is 12.5. The molecule has 0 aromatic heterocycles. The molecule has 3 fully saturated rings. The summed E-state index contributed by atoms with van der Waals surface area (Å²) in [6.07, 6.45) is 2.27. The normalized spacial score (nSPS) is 27.1. The van der Waals surface area contributed by atoms with Gasteiger partial charge in [-0.05, 0) is 53.6 Å². The molecule has 2 bridgehead atoms. The molecule has 1 aromatic carbocycles. The first-order chi connectivity index (χ1) is 8.74. The van der Waals surface area contributed by atoms with E-state index in [4.69, 9.17) is 0 Å². The van der Waals surface area contributed by atoms with Gasteiger partial charge in [-0.2, -0.15) is 0 Å². The summed E-state index contributed by atoms with van der Waals surface area (Å²) in [7, 11) is 0. The number of rotatable bonds is 1. The molecule has 4 rings (SSSR count). The molecule has 3 aliphatic heterocycles. The van der Waals surface area contributed by atoms with Crippen LogP contribution in [0.25, 0.3) is 0 Å². The van der Waals surface area contributed by atoms with E-state index in [1.165, 1.54) is 0 Å². The molecule has 3 nitrogen and oxygen atoms in total. The highest BCUT2D eigenvalue weighted by molar-refractivity contribution is 14.1. The molecule has 0 unspecified atom stereocenters. The highest BCUT2D eigenvalue weighted by atomic mass is 127. The van der Waals surface area contributed by atoms with Crippen molar-refractivity contribution in [3.8, 4) is 0 Å². The van der Waals surface area contributed by atoms with Crippen molar-refractivity contribution in [3.63, 3.8) is 0 Å². The van der Waals surface area contributed by atoms with Gasteiger partial charge in [-0.25, -0.2) is 0 Å². The van der Waals surface area contributed by atoms with Crippen LogP contribution in [0.2, 0.25) is 0 Å². The van der Waals surface area contributed by atoms with Crippen LogP contribution in [0.4, 0.5) is 0 Å². The van der Waals surface area contributed by atoms with E-state index in [-0.39, 0.29) is 5.91 Å². The molecule has 0 radical (unpaired) electrons. The molecule has 3 saturated heterocycles. The Labute approximate surface area is 121 Å². The molecule has 3 aliphatic rings. The predicted molar refractivity (Wildman–Crippen MR) is 79.7 cm³/mol. The standard InChI is InChI=1S/C14H17IN2O/c15-12-3-1-2-11(10-12)14(18)17-9-8-16-6-4-13(17)5-7-16/h1-3,10,13H,4-9H2. The van der Waals surface area contributed by atoms with Gasteiger partial charge in [-0.1, -0.05) is 6.07 Å². The van der Waals surface area contributed by atoms with Crippen molar-refractivity contribution in [3.05, 3.63) is 33.4 Å². The van der Waals surface area contributed by atoms with Crippen LogP contribution in [0, 0.1) is 3.57 Å². The van der Waals surface area contributed by atoms with Crippen LogP contribution in [0.3, 0.4) is 0 Å². The highest BCUT2D eigenvalue weighted by Gasteiger charge is 2.32. The second-order valence-corrected chi connectivity index (χ2v) is 6.33. The summed E-state index contributed by atoms with van der Waals surface area (Å²) in [4.78, 5) is 17.2. The maximum Gasteiger partial charge on any atom is 0.254 e. The second kappa shape index (κ2) is 5.17. The molecule has 3 heterocycles. The summed E-state index contributed by atoms with van der Waals surface area (Å²) in [5.74, 6) is 0.210. The number of carbonyl (C=O) groups is 1.